The number of hydrogen-bond donors (Lipinski definition) is 0. The fourth-order valence-electron chi connectivity index (χ4n) is 3.62. The number of nitrogens with zero attached hydrogens (tertiary/aromatic N) is 2. The number of ether oxygens (including phenoxy) is 1. The molecule has 6 heteroatoms. The van der Waals surface area contributed by atoms with Crippen LogP contribution in [0.15, 0.2) is 0 Å². The van der Waals surface area contributed by atoms with Gasteiger partial charge in [0.1, 0.15) is 0 Å². The van der Waals surface area contributed by atoms with Gasteiger partial charge in [0.15, 0.2) is 0 Å². The SMILES string of the molecule is CCCCCCCSC(=O)N(CCCCCC(=O)OC)CC1CCN(C)CC1. The van der Waals surface area contributed by atoms with Crippen LogP contribution in [0, 0.1) is 5.92 Å². The normalized spacial score (nSPS) is 15.5. The Balaban J connectivity index is 2.36. The predicted octanol–water partition coefficient (Wildman–Crippen LogP) is 5.19. The smallest absolute Gasteiger partial charge is 0.305 e. The fourth-order valence-corrected chi connectivity index (χ4v) is 4.49. The Bertz CT molecular complexity index is 426. The number of methoxy groups -OCH3 is 1. The molecule has 0 aliphatic carbocycles. The van der Waals surface area contributed by atoms with Crippen molar-refractivity contribution in [3.63, 3.8) is 0 Å². The first-order chi connectivity index (χ1) is 13.6. The molecule has 0 spiro atoms. The molecular formula is C22H42N2O3S. The van der Waals surface area contributed by atoms with Crippen LogP contribution in [0.25, 0.3) is 0 Å². The third-order valence-corrected chi connectivity index (χ3v) is 6.58. The monoisotopic (exact) mass is 414 g/mol. The van der Waals surface area contributed by atoms with Crippen LogP contribution in [-0.4, -0.2) is 67.1 Å². The Morgan fingerprint density at radius 3 is 2.39 bits per heavy atom. The van der Waals surface area contributed by atoms with Gasteiger partial charge in [0.25, 0.3) is 5.24 Å². The summed E-state index contributed by atoms with van der Waals surface area (Å²) in [5, 5.41) is 0.252. The largest absolute Gasteiger partial charge is 0.469 e. The molecule has 1 aliphatic rings. The predicted molar refractivity (Wildman–Crippen MR) is 119 cm³/mol. The Morgan fingerprint density at radius 2 is 1.71 bits per heavy atom. The summed E-state index contributed by atoms with van der Waals surface area (Å²) in [5.74, 6) is 1.42. The molecule has 0 unspecified atom stereocenters. The summed E-state index contributed by atoms with van der Waals surface area (Å²) in [6.45, 7) is 6.21. The number of piperidine rings is 1. The molecule has 1 aliphatic heterocycles. The second-order valence-electron chi connectivity index (χ2n) is 8.11. The highest BCUT2D eigenvalue weighted by Gasteiger charge is 2.22. The molecule has 28 heavy (non-hydrogen) atoms. The van der Waals surface area contributed by atoms with Gasteiger partial charge < -0.3 is 14.5 Å². The highest BCUT2D eigenvalue weighted by Crippen LogP contribution is 2.21. The Kier molecular flexibility index (Phi) is 14.5. The highest BCUT2D eigenvalue weighted by molar-refractivity contribution is 8.13. The van der Waals surface area contributed by atoms with E-state index < -0.39 is 0 Å². The van der Waals surface area contributed by atoms with E-state index >= 15 is 0 Å². The van der Waals surface area contributed by atoms with Crippen molar-refractivity contribution in [3.05, 3.63) is 0 Å². The topological polar surface area (TPSA) is 49.9 Å². The second-order valence-corrected chi connectivity index (χ2v) is 9.15. The molecule has 1 heterocycles. The standard InChI is InChI=1S/C22H42N2O3S/c1-4-5-6-7-11-18-28-22(26)24(15-10-8-9-12-21(25)27-3)19-20-13-16-23(2)17-14-20/h20H,4-19H2,1-3H3. The Labute approximate surface area is 176 Å². The van der Waals surface area contributed by atoms with Crippen molar-refractivity contribution in [2.45, 2.75) is 77.6 Å². The number of carbonyl (C=O) groups excluding carboxylic acids is 2. The van der Waals surface area contributed by atoms with E-state index in [0.717, 1.165) is 57.6 Å². The van der Waals surface area contributed by atoms with Crippen LogP contribution in [0.5, 0.6) is 0 Å². The fraction of sp³-hybridized carbons (Fsp3) is 0.909. The van der Waals surface area contributed by atoms with Crippen molar-refractivity contribution in [1.82, 2.24) is 9.80 Å². The maximum atomic E-state index is 12.8. The number of amides is 1. The van der Waals surface area contributed by atoms with Crippen LogP contribution in [0.4, 0.5) is 4.79 Å². The van der Waals surface area contributed by atoms with E-state index in [1.54, 1.807) is 0 Å². The van der Waals surface area contributed by atoms with Crippen molar-refractivity contribution >= 4 is 23.0 Å². The lowest BCUT2D eigenvalue weighted by molar-refractivity contribution is -0.140. The van der Waals surface area contributed by atoms with Crippen LogP contribution in [0.1, 0.15) is 77.6 Å². The first kappa shape index (κ1) is 25.3. The minimum Gasteiger partial charge on any atom is -0.469 e. The van der Waals surface area contributed by atoms with Crippen molar-refractivity contribution in [2.75, 3.05) is 46.1 Å². The number of esters is 1. The molecule has 1 amide bonds. The van der Waals surface area contributed by atoms with E-state index in [9.17, 15) is 9.59 Å². The molecule has 1 rings (SSSR count). The zero-order valence-corrected chi connectivity index (χ0v) is 19.2. The first-order valence-electron chi connectivity index (χ1n) is 11.2. The average Bonchev–Trinajstić information content (AvgIpc) is 2.70. The molecule has 1 saturated heterocycles. The van der Waals surface area contributed by atoms with Crippen molar-refractivity contribution in [2.24, 2.45) is 5.92 Å². The third-order valence-electron chi connectivity index (χ3n) is 5.58. The molecule has 1 fully saturated rings. The summed E-state index contributed by atoms with van der Waals surface area (Å²) in [6, 6.07) is 0. The van der Waals surface area contributed by atoms with Crippen LogP contribution < -0.4 is 0 Å². The summed E-state index contributed by atoms with van der Waals surface area (Å²) in [7, 11) is 3.61. The van der Waals surface area contributed by atoms with Crippen LogP contribution in [0.3, 0.4) is 0 Å². The van der Waals surface area contributed by atoms with Gasteiger partial charge in [-0.25, -0.2) is 0 Å². The molecule has 5 nitrogen and oxygen atoms in total. The summed E-state index contributed by atoms with van der Waals surface area (Å²) < 4.78 is 4.69. The Hall–Kier alpha value is -0.750. The van der Waals surface area contributed by atoms with Gasteiger partial charge in [-0.1, -0.05) is 50.8 Å². The van der Waals surface area contributed by atoms with Crippen molar-refractivity contribution in [3.8, 4) is 0 Å². The number of thioether (sulfide) groups is 1. The third kappa shape index (κ3) is 11.9. The second kappa shape index (κ2) is 16.1. The number of likely N-dealkylation sites (tertiary alicyclic amines) is 1. The van der Waals surface area contributed by atoms with Crippen molar-refractivity contribution < 1.29 is 14.3 Å². The number of hydrogen-bond acceptors (Lipinski definition) is 5. The number of rotatable bonds is 14. The molecule has 0 radical (unpaired) electrons. The highest BCUT2D eigenvalue weighted by atomic mass is 32.2. The molecular weight excluding hydrogens is 372 g/mol. The van der Waals surface area contributed by atoms with Gasteiger partial charge in [0.05, 0.1) is 7.11 Å². The van der Waals surface area contributed by atoms with Crippen LogP contribution in [-0.2, 0) is 9.53 Å². The molecule has 0 aromatic heterocycles. The van der Waals surface area contributed by atoms with E-state index in [-0.39, 0.29) is 11.2 Å². The lowest BCUT2D eigenvalue weighted by Gasteiger charge is -2.33. The Morgan fingerprint density at radius 1 is 1.04 bits per heavy atom. The quantitative estimate of drug-likeness (QED) is 0.289. The van der Waals surface area contributed by atoms with Crippen LogP contribution >= 0.6 is 11.8 Å². The zero-order valence-electron chi connectivity index (χ0n) is 18.4. The maximum absolute atomic E-state index is 12.8. The summed E-state index contributed by atoms with van der Waals surface area (Å²) in [5.41, 5.74) is 0. The minimum absolute atomic E-state index is 0.141. The molecule has 0 bridgehead atoms. The molecule has 0 aromatic carbocycles. The van der Waals surface area contributed by atoms with Crippen LogP contribution in [0.2, 0.25) is 0 Å². The average molecular weight is 415 g/mol. The van der Waals surface area contributed by atoms with Gasteiger partial charge in [-0.15, -0.1) is 0 Å². The lowest BCUT2D eigenvalue weighted by atomic mass is 9.96. The molecule has 0 N–H and O–H groups in total. The number of unbranched alkanes of at least 4 members (excludes halogenated alkanes) is 6. The van der Waals surface area contributed by atoms with E-state index in [0.29, 0.717) is 12.3 Å². The van der Waals surface area contributed by atoms with Crippen molar-refractivity contribution in [1.29, 1.82) is 0 Å². The first-order valence-corrected chi connectivity index (χ1v) is 12.2. The molecule has 0 atom stereocenters. The van der Waals surface area contributed by atoms with E-state index in [1.165, 1.54) is 57.4 Å². The molecule has 164 valence electrons. The molecule has 0 saturated carbocycles. The van der Waals surface area contributed by atoms with Gasteiger partial charge in [0, 0.05) is 25.3 Å². The van der Waals surface area contributed by atoms with E-state index in [2.05, 4.69) is 23.8 Å². The molecule has 0 aromatic rings. The van der Waals surface area contributed by atoms with E-state index in [4.69, 9.17) is 4.74 Å². The lowest BCUT2D eigenvalue weighted by Crippen LogP contribution is -2.39. The van der Waals surface area contributed by atoms with Gasteiger partial charge >= 0.3 is 5.97 Å². The van der Waals surface area contributed by atoms with Gasteiger partial charge in [-0.2, -0.15) is 0 Å². The van der Waals surface area contributed by atoms with Gasteiger partial charge in [-0.05, 0) is 58.2 Å². The zero-order chi connectivity index (χ0) is 20.6. The summed E-state index contributed by atoms with van der Waals surface area (Å²) in [6.07, 6.45) is 11.8. The van der Waals surface area contributed by atoms with Gasteiger partial charge in [0.2, 0.25) is 0 Å². The summed E-state index contributed by atoms with van der Waals surface area (Å²) >= 11 is 1.51. The van der Waals surface area contributed by atoms with E-state index in [1.807, 2.05) is 0 Å². The summed E-state index contributed by atoms with van der Waals surface area (Å²) in [4.78, 5) is 28.5. The number of carbonyl (C=O) groups is 2. The van der Waals surface area contributed by atoms with Gasteiger partial charge in [-0.3, -0.25) is 9.59 Å². The minimum atomic E-state index is -0.141. The maximum Gasteiger partial charge on any atom is 0.305 e.